The van der Waals surface area contributed by atoms with E-state index in [2.05, 4.69) is 15.0 Å². The lowest BCUT2D eigenvalue weighted by Gasteiger charge is -2.05. The molecule has 3 unspecified atom stereocenters. The smallest absolute Gasteiger partial charge is 0.338 e. The van der Waals surface area contributed by atoms with Crippen LogP contribution < -0.4 is 5.73 Å². The molecule has 0 saturated heterocycles. The van der Waals surface area contributed by atoms with Gasteiger partial charge < -0.3 is 19.8 Å². The molecule has 2 aromatic carbocycles. The predicted molar refractivity (Wildman–Crippen MR) is 115 cm³/mol. The number of aromatic nitrogens is 4. The van der Waals surface area contributed by atoms with Gasteiger partial charge in [-0.1, -0.05) is 36.4 Å². The molecule has 1 saturated carbocycles. The second-order valence-electron chi connectivity index (χ2n) is 7.44. The molecular weight excluding hydrogens is 410 g/mol. The Balaban J connectivity index is 1.38. The van der Waals surface area contributed by atoms with Crippen molar-refractivity contribution in [1.29, 1.82) is 0 Å². The summed E-state index contributed by atoms with van der Waals surface area (Å²) >= 11 is 0. The fourth-order valence-corrected chi connectivity index (χ4v) is 3.72. The molecule has 3 atom stereocenters. The van der Waals surface area contributed by atoms with Crippen LogP contribution in [-0.2, 0) is 9.47 Å². The van der Waals surface area contributed by atoms with Crippen LogP contribution in [0.1, 0.15) is 26.8 Å². The molecule has 1 fully saturated rings. The second kappa shape index (κ2) is 8.10. The minimum absolute atomic E-state index is 0.0748. The van der Waals surface area contributed by atoms with E-state index < -0.39 is 18.0 Å². The van der Waals surface area contributed by atoms with Crippen LogP contribution in [0.4, 0.5) is 5.82 Å². The summed E-state index contributed by atoms with van der Waals surface area (Å²) in [6, 6.07) is 17.2. The molecule has 2 N–H and O–H groups in total. The minimum atomic E-state index is -0.514. The Bertz CT molecular complexity index is 1280. The summed E-state index contributed by atoms with van der Waals surface area (Å²) in [5, 5.41) is 0. The summed E-state index contributed by atoms with van der Waals surface area (Å²) in [6.07, 6.45) is 2.43. The highest BCUT2D eigenvalue weighted by Gasteiger charge is 2.56. The van der Waals surface area contributed by atoms with Crippen LogP contribution in [-0.4, -0.2) is 44.2 Å². The van der Waals surface area contributed by atoms with Crippen LogP contribution in [0.2, 0.25) is 0 Å². The Hall–Kier alpha value is -4.27. The first-order valence-electron chi connectivity index (χ1n) is 10.0. The van der Waals surface area contributed by atoms with Crippen LogP contribution >= 0.6 is 0 Å². The van der Waals surface area contributed by atoms with Gasteiger partial charge in [0.05, 0.1) is 29.4 Å². The minimum Gasteiger partial charge on any atom is -0.462 e. The standard InChI is InChI=1S/C23H19N5O4/c24-20-17-21(26-12-25-20)28(13-27-17)18-16(11-31-22(29)14-7-3-1-4-8-14)19(18)32-23(30)15-9-5-2-6-10-15/h1-10,12-13,16,18-19H,11H2,(H2,24,25,26). The molecule has 0 aliphatic heterocycles. The number of nitrogens with two attached hydrogens (primary N) is 1. The number of carbonyl (C=O) groups is 2. The van der Waals surface area contributed by atoms with Crippen molar-refractivity contribution in [1.82, 2.24) is 19.5 Å². The van der Waals surface area contributed by atoms with Gasteiger partial charge in [-0.15, -0.1) is 0 Å². The topological polar surface area (TPSA) is 122 Å². The maximum atomic E-state index is 12.6. The number of imidazole rings is 1. The van der Waals surface area contributed by atoms with Gasteiger partial charge in [0, 0.05) is 0 Å². The number of rotatable bonds is 6. The molecule has 160 valence electrons. The second-order valence-corrected chi connectivity index (χ2v) is 7.44. The van der Waals surface area contributed by atoms with Crippen LogP contribution in [0.25, 0.3) is 11.2 Å². The van der Waals surface area contributed by atoms with E-state index in [1.807, 2.05) is 12.1 Å². The fraction of sp³-hybridized carbons (Fsp3) is 0.174. The molecule has 2 heterocycles. The Morgan fingerprint density at radius 2 is 1.56 bits per heavy atom. The molecule has 0 amide bonds. The van der Waals surface area contributed by atoms with Gasteiger partial charge in [0.15, 0.2) is 11.5 Å². The Morgan fingerprint density at radius 3 is 2.25 bits per heavy atom. The number of ether oxygens (including phenoxy) is 2. The molecule has 32 heavy (non-hydrogen) atoms. The first kappa shape index (κ1) is 19.7. The van der Waals surface area contributed by atoms with E-state index in [0.717, 1.165) is 0 Å². The maximum absolute atomic E-state index is 12.6. The van der Waals surface area contributed by atoms with Gasteiger partial charge >= 0.3 is 11.9 Å². The van der Waals surface area contributed by atoms with Gasteiger partial charge in [0.1, 0.15) is 24.6 Å². The monoisotopic (exact) mass is 429 g/mol. The summed E-state index contributed by atoms with van der Waals surface area (Å²) in [5.74, 6) is -0.884. The number of nitrogen functional groups attached to an aromatic ring is 1. The first-order chi connectivity index (χ1) is 15.6. The van der Waals surface area contributed by atoms with Crippen molar-refractivity contribution in [2.24, 2.45) is 5.92 Å². The van der Waals surface area contributed by atoms with Crippen LogP contribution in [0, 0.1) is 5.92 Å². The van der Waals surface area contributed by atoms with Gasteiger partial charge in [-0.05, 0) is 24.3 Å². The van der Waals surface area contributed by atoms with E-state index in [1.165, 1.54) is 6.33 Å². The van der Waals surface area contributed by atoms with Gasteiger partial charge in [0.25, 0.3) is 0 Å². The molecule has 0 radical (unpaired) electrons. The first-order valence-corrected chi connectivity index (χ1v) is 10.0. The third kappa shape index (κ3) is 3.64. The maximum Gasteiger partial charge on any atom is 0.338 e. The number of hydrogen-bond donors (Lipinski definition) is 1. The molecule has 1 aliphatic rings. The number of benzene rings is 2. The largest absolute Gasteiger partial charge is 0.462 e. The van der Waals surface area contributed by atoms with Crippen molar-refractivity contribution in [2.45, 2.75) is 12.1 Å². The zero-order valence-corrected chi connectivity index (χ0v) is 16.9. The third-order valence-corrected chi connectivity index (χ3v) is 5.43. The zero-order chi connectivity index (χ0) is 22.1. The van der Waals surface area contributed by atoms with Crippen LogP contribution in [0.3, 0.4) is 0 Å². The summed E-state index contributed by atoms with van der Waals surface area (Å²) in [6.45, 7) is 0.0748. The SMILES string of the molecule is Nc1ncnc2c1ncn2C1C(COC(=O)c2ccccc2)C1OC(=O)c1ccccc1. The number of hydrogen-bond acceptors (Lipinski definition) is 8. The van der Waals surface area contributed by atoms with Crippen molar-refractivity contribution >= 4 is 28.9 Å². The Morgan fingerprint density at radius 1 is 0.906 bits per heavy atom. The number of esters is 2. The summed E-state index contributed by atoms with van der Waals surface area (Å²) in [4.78, 5) is 37.5. The van der Waals surface area contributed by atoms with E-state index in [1.54, 1.807) is 59.4 Å². The van der Waals surface area contributed by atoms with Gasteiger partial charge in [-0.3, -0.25) is 0 Å². The predicted octanol–water partition coefficient (Wildman–Crippen LogP) is 2.66. The fourth-order valence-electron chi connectivity index (χ4n) is 3.72. The van der Waals surface area contributed by atoms with Gasteiger partial charge in [-0.25, -0.2) is 24.5 Å². The molecule has 0 bridgehead atoms. The van der Waals surface area contributed by atoms with Gasteiger partial charge in [0.2, 0.25) is 0 Å². The zero-order valence-electron chi connectivity index (χ0n) is 16.9. The lowest BCUT2D eigenvalue weighted by Crippen LogP contribution is -2.12. The molecule has 5 rings (SSSR count). The van der Waals surface area contributed by atoms with Crippen molar-refractivity contribution < 1.29 is 19.1 Å². The highest BCUT2D eigenvalue weighted by molar-refractivity contribution is 5.90. The molecule has 9 heteroatoms. The lowest BCUT2D eigenvalue weighted by molar-refractivity contribution is 0.0370. The molecule has 2 aromatic heterocycles. The van der Waals surface area contributed by atoms with E-state index >= 15 is 0 Å². The quantitative estimate of drug-likeness (QED) is 0.464. The van der Waals surface area contributed by atoms with Crippen LogP contribution in [0.15, 0.2) is 73.3 Å². The molecule has 9 nitrogen and oxygen atoms in total. The normalized spacial score (nSPS) is 19.4. The van der Waals surface area contributed by atoms with Crippen molar-refractivity contribution in [3.05, 3.63) is 84.4 Å². The highest BCUT2D eigenvalue weighted by Crippen LogP contribution is 2.48. The Kier molecular flexibility index (Phi) is 4.98. The summed E-state index contributed by atoms with van der Waals surface area (Å²) in [7, 11) is 0. The molecule has 4 aromatic rings. The van der Waals surface area contributed by atoms with Crippen molar-refractivity contribution in [2.75, 3.05) is 12.3 Å². The van der Waals surface area contributed by atoms with E-state index in [0.29, 0.717) is 22.3 Å². The number of carbonyl (C=O) groups excluding carboxylic acids is 2. The third-order valence-electron chi connectivity index (χ3n) is 5.43. The van der Waals surface area contributed by atoms with E-state index in [9.17, 15) is 9.59 Å². The average molecular weight is 429 g/mol. The molecule has 0 spiro atoms. The lowest BCUT2D eigenvalue weighted by atomic mass is 10.2. The number of fused-ring (bicyclic) bond motifs is 1. The van der Waals surface area contributed by atoms with Gasteiger partial charge in [-0.2, -0.15) is 0 Å². The average Bonchev–Trinajstić information content (AvgIpc) is 3.31. The number of anilines is 1. The molecular formula is C23H19N5O4. The van der Waals surface area contributed by atoms with E-state index in [-0.39, 0.29) is 24.4 Å². The van der Waals surface area contributed by atoms with Crippen molar-refractivity contribution in [3.63, 3.8) is 0 Å². The number of nitrogens with zero attached hydrogens (tertiary/aromatic N) is 4. The highest BCUT2D eigenvalue weighted by atomic mass is 16.6. The van der Waals surface area contributed by atoms with Crippen molar-refractivity contribution in [3.8, 4) is 0 Å². The van der Waals surface area contributed by atoms with E-state index in [4.69, 9.17) is 15.2 Å². The molecule has 1 aliphatic carbocycles. The van der Waals surface area contributed by atoms with Crippen LogP contribution in [0.5, 0.6) is 0 Å². The summed E-state index contributed by atoms with van der Waals surface area (Å²) < 4.78 is 13.1. The summed E-state index contributed by atoms with van der Waals surface area (Å²) in [5.41, 5.74) is 7.79. The Labute approximate surface area is 182 Å².